The fourth-order valence-electron chi connectivity index (χ4n) is 2.06. The van der Waals surface area contributed by atoms with Gasteiger partial charge in [-0.1, -0.05) is 13.3 Å². The Morgan fingerprint density at radius 3 is 3.00 bits per heavy atom. The summed E-state index contributed by atoms with van der Waals surface area (Å²) < 4.78 is 5.33. The van der Waals surface area contributed by atoms with E-state index in [1.165, 1.54) is 6.42 Å². The number of carbonyl (C=O) groups excluding carboxylic acids is 1. The minimum atomic E-state index is -0.469. The van der Waals surface area contributed by atoms with Crippen LogP contribution in [0.5, 0.6) is 0 Å². The highest BCUT2D eigenvalue weighted by Crippen LogP contribution is 2.26. The van der Waals surface area contributed by atoms with Gasteiger partial charge in [0.05, 0.1) is 0 Å². The Bertz CT molecular complexity index is 377. The zero-order chi connectivity index (χ0) is 11.5. The third-order valence-electron chi connectivity index (χ3n) is 2.86. The molecule has 6 heteroatoms. The van der Waals surface area contributed by atoms with E-state index in [2.05, 4.69) is 22.1 Å². The molecule has 88 valence electrons. The third-order valence-corrected chi connectivity index (χ3v) is 2.86. The number of ether oxygens (including phenoxy) is 1. The Hall–Kier alpha value is -1.59. The molecule has 0 aliphatic heterocycles. The number of esters is 1. The summed E-state index contributed by atoms with van der Waals surface area (Å²) in [5.41, 5.74) is 5.31. The van der Waals surface area contributed by atoms with E-state index in [1.54, 1.807) is 0 Å². The van der Waals surface area contributed by atoms with E-state index in [1.807, 2.05) is 0 Å². The average Bonchev–Trinajstić information content (AvgIpc) is 2.65. The number of hydrogen-bond acceptors (Lipinski definition) is 5. The Morgan fingerprint density at radius 2 is 2.38 bits per heavy atom. The Kier molecular flexibility index (Phi) is 3.07. The molecule has 1 aliphatic carbocycles. The molecular weight excluding hydrogens is 208 g/mol. The van der Waals surface area contributed by atoms with E-state index in [0.29, 0.717) is 5.92 Å². The lowest BCUT2D eigenvalue weighted by Crippen LogP contribution is -2.25. The van der Waals surface area contributed by atoms with Gasteiger partial charge in [0.2, 0.25) is 11.8 Å². The summed E-state index contributed by atoms with van der Waals surface area (Å²) in [5.74, 6) is 0.286. The molecule has 2 unspecified atom stereocenters. The second-order valence-corrected chi connectivity index (χ2v) is 4.34. The second kappa shape index (κ2) is 4.51. The molecule has 1 fully saturated rings. The van der Waals surface area contributed by atoms with E-state index in [-0.39, 0.29) is 17.9 Å². The molecule has 2 atom stereocenters. The van der Waals surface area contributed by atoms with E-state index < -0.39 is 5.97 Å². The van der Waals surface area contributed by atoms with E-state index in [9.17, 15) is 4.79 Å². The maximum absolute atomic E-state index is 11.6. The van der Waals surface area contributed by atoms with Crippen LogP contribution in [0.4, 0.5) is 5.95 Å². The molecule has 0 radical (unpaired) electrons. The molecule has 0 bridgehead atoms. The highest BCUT2D eigenvalue weighted by atomic mass is 16.5. The SMILES string of the molecule is CC1CCCC(OC(=O)c2nc(N)n[nH]2)C1. The van der Waals surface area contributed by atoms with Crippen LogP contribution in [0.1, 0.15) is 43.2 Å². The molecule has 1 aliphatic rings. The van der Waals surface area contributed by atoms with Crippen molar-refractivity contribution < 1.29 is 9.53 Å². The van der Waals surface area contributed by atoms with Crippen LogP contribution in [-0.2, 0) is 4.74 Å². The first-order valence-corrected chi connectivity index (χ1v) is 5.54. The predicted molar refractivity (Wildman–Crippen MR) is 57.6 cm³/mol. The quantitative estimate of drug-likeness (QED) is 0.734. The maximum Gasteiger partial charge on any atom is 0.376 e. The number of aromatic nitrogens is 3. The zero-order valence-electron chi connectivity index (χ0n) is 9.27. The topological polar surface area (TPSA) is 93.9 Å². The molecule has 3 N–H and O–H groups in total. The van der Waals surface area contributed by atoms with Gasteiger partial charge in [-0.2, -0.15) is 4.98 Å². The smallest absolute Gasteiger partial charge is 0.376 e. The van der Waals surface area contributed by atoms with E-state index in [4.69, 9.17) is 10.5 Å². The number of nitrogen functional groups attached to an aromatic ring is 1. The lowest BCUT2D eigenvalue weighted by atomic mass is 9.89. The van der Waals surface area contributed by atoms with Crippen molar-refractivity contribution in [3.8, 4) is 0 Å². The molecule has 16 heavy (non-hydrogen) atoms. The van der Waals surface area contributed by atoms with Gasteiger partial charge in [-0.3, -0.25) is 5.10 Å². The van der Waals surface area contributed by atoms with Crippen molar-refractivity contribution in [2.45, 2.75) is 38.7 Å². The van der Waals surface area contributed by atoms with Crippen LogP contribution in [0.15, 0.2) is 0 Å². The van der Waals surface area contributed by atoms with Gasteiger partial charge in [-0.25, -0.2) is 4.79 Å². The van der Waals surface area contributed by atoms with Crippen molar-refractivity contribution in [1.29, 1.82) is 0 Å². The number of nitrogens with zero attached hydrogens (tertiary/aromatic N) is 2. The largest absolute Gasteiger partial charge is 0.456 e. The fraction of sp³-hybridized carbons (Fsp3) is 0.700. The number of anilines is 1. The van der Waals surface area contributed by atoms with Crippen LogP contribution >= 0.6 is 0 Å². The van der Waals surface area contributed by atoms with Crippen LogP contribution < -0.4 is 5.73 Å². The van der Waals surface area contributed by atoms with Crippen LogP contribution in [-0.4, -0.2) is 27.3 Å². The average molecular weight is 224 g/mol. The minimum absolute atomic E-state index is 0.00238. The highest BCUT2D eigenvalue weighted by Gasteiger charge is 2.24. The normalized spacial score (nSPS) is 25.3. The van der Waals surface area contributed by atoms with Gasteiger partial charge in [0.25, 0.3) is 0 Å². The van der Waals surface area contributed by atoms with E-state index >= 15 is 0 Å². The van der Waals surface area contributed by atoms with Crippen molar-refractivity contribution in [2.75, 3.05) is 5.73 Å². The van der Waals surface area contributed by atoms with Crippen molar-refractivity contribution >= 4 is 11.9 Å². The molecule has 1 saturated carbocycles. The minimum Gasteiger partial charge on any atom is -0.456 e. The summed E-state index contributed by atoms with van der Waals surface area (Å²) in [7, 11) is 0. The van der Waals surface area contributed by atoms with Crippen LogP contribution in [0.2, 0.25) is 0 Å². The van der Waals surface area contributed by atoms with Crippen molar-refractivity contribution in [3.63, 3.8) is 0 Å². The number of carbonyl (C=O) groups is 1. The Labute approximate surface area is 93.6 Å². The zero-order valence-corrected chi connectivity index (χ0v) is 9.27. The summed E-state index contributed by atoms with van der Waals surface area (Å²) in [5, 5.41) is 6.03. The molecular formula is C10H16N4O2. The monoisotopic (exact) mass is 224 g/mol. The third kappa shape index (κ3) is 2.50. The summed E-state index contributed by atoms with van der Waals surface area (Å²) in [6, 6.07) is 0. The van der Waals surface area contributed by atoms with Gasteiger partial charge in [0, 0.05) is 0 Å². The van der Waals surface area contributed by atoms with Crippen molar-refractivity contribution in [2.24, 2.45) is 5.92 Å². The molecule has 0 saturated heterocycles. The highest BCUT2D eigenvalue weighted by molar-refractivity contribution is 5.85. The first kappa shape index (κ1) is 10.9. The number of rotatable bonds is 2. The van der Waals surface area contributed by atoms with Crippen molar-refractivity contribution in [1.82, 2.24) is 15.2 Å². The summed E-state index contributed by atoms with van der Waals surface area (Å²) >= 11 is 0. The first-order valence-electron chi connectivity index (χ1n) is 5.54. The number of H-pyrrole nitrogens is 1. The summed E-state index contributed by atoms with van der Waals surface area (Å²) in [4.78, 5) is 15.4. The predicted octanol–water partition coefficient (Wildman–Crippen LogP) is 1.12. The van der Waals surface area contributed by atoms with Gasteiger partial charge in [0.1, 0.15) is 6.10 Å². The van der Waals surface area contributed by atoms with Crippen LogP contribution in [0.25, 0.3) is 0 Å². The molecule has 1 aromatic rings. The standard InChI is InChI=1S/C10H16N4O2/c1-6-3-2-4-7(5-6)16-9(15)8-12-10(11)14-13-8/h6-7H,2-5H2,1H3,(H3,11,12,13,14). The van der Waals surface area contributed by atoms with Gasteiger partial charge < -0.3 is 10.5 Å². The molecule has 0 spiro atoms. The Morgan fingerprint density at radius 1 is 1.56 bits per heavy atom. The second-order valence-electron chi connectivity index (χ2n) is 4.34. The van der Waals surface area contributed by atoms with Gasteiger partial charge in [0.15, 0.2) is 0 Å². The van der Waals surface area contributed by atoms with Gasteiger partial charge in [-0.15, -0.1) is 5.10 Å². The van der Waals surface area contributed by atoms with Crippen molar-refractivity contribution in [3.05, 3.63) is 5.82 Å². The number of hydrogen-bond donors (Lipinski definition) is 2. The number of nitrogens with one attached hydrogen (secondary N) is 1. The van der Waals surface area contributed by atoms with Crippen LogP contribution in [0, 0.1) is 5.92 Å². The van der Waals surface area contributed by atoms with Gasteiger partial charge >= 0.3 is 5.97 Å². The lowest BCUT2D eigenvalue weighted by molar-refractivity contribution is 0.0142. The molecule has 6 nitrogen and oxygen atoms in total. The number of nitrogens with two attached hydrogens (primary N) is 1. The number of aromatic amines is 1. The summed E-state index contributed by atoms with van der Waals surface area (Å²) in [6.07, 6.45) is 4.18. The maximum atomic E-state index is 11.6. The molecule has 2 rings (SSSR count). The molecule has 0 aromatic carbocycles. The van der Waals surface area contributed by atoms with Crippen LogP contribution in [0.3, 0.4) is 0 Å². The molecule has 1 aromatic heterocycles. The summed E-state index contributed by atoms with van der Waals surface area (Å²) in [6.45, 7) is 2.17. The lowest BCUT2D eigenvalue weighted by Gasteiger charge is -2.25. The van der Waals surface area contributed by atoms with E-state index in [0.717, 1.165) is 19.3 Å². The fourth-order valence-corrected chi connectivity index (χ4v) is 2.06. The Balaban J connectivity index is 1.92. The van der Waals surface area contributed by atoms with Gasteiger partial charge in [-0.05, 0) is 25.2 Å². The first-order chi connectivity index (χ1) is 7.65. The molecule has 0 amide bonds. The molecule has 1 heterocycles.